The number of furan rings is 1. The van der Waals surface area contributed by atoms with Gasteiger partial charge in [0.25, 0.3) is 5.91 Å². The molecule has 1 aliphatic heterocycles. The Kier molecular flexibility index (Phi) is 6.62. The Hall–Kier alpha value is -3.10. The van der Waals surface area contributed by atoms with E-state index < -0.39 is 15.9 Å². The molecule has 1 amide bonds. The first-order valence-corrected chi connectivity index (χ1v) is 12.0. The highest BCUT2D eigenvalue weighted by molar-refractivity contribution is 7.89. The monoisotopic (exact) mass is 454 g/mol. The van der Waals surface area contributed by atoms with Gasteiger partial charge in [0.2, 0.25) is 10.0 Å². The minimum Gasteiger partial charge on any atom is -0.489 e. The highest BCUT2D eigenvalue weighted by Crippen LogP contribution is 2.26. The van der Waals surface area contributed by atoms with Crippen molar-refractivity contribution >= 4 is 15.9 Å². The van der Waals surface area contributed by atoms with Gasteiger partial charge in [0.05, 0.1) is 0 Å². The molecule has 0 radical (unpaired) electrons. The first-order chi connectivity index (χ1) is 15.4. The van der Waals surface area contributed by atoms with E-state index >= 15 is 0 Å². The molecule has 2 heterocycles. The van der Waals surface area contributed by atoms with Gasteiger partial charge in [-0.25, -0.2) is 8.42 Å². The molecule has 0 saturated carbocycles. The zero-order valence-electron chi connectivity index (χ0n) is 17.9. The number of para-hydroxylation sites is 1. The molecule has 32 heavy (non-hydrogen) atoms. The van der Waals surface area contributed by atoms with E-state index in [0.29, 0.717) is 25.4 Å². The van der Waals surface area contributed by atoms with Crippen LogP contribution in [0.5, 0.6) is 5.75 Å². The Morgan fingerprint density at radius 1 is 1.06 bits per heavy atom. The van der Waals surface area contributed by atoms with E-state index in [-0.39, 0.29) is 23.0 Å². The maximum atomic E-state index is 12.8. The third-order valence-electron chi connectivity index (χ3n) is 5.43. The zero-order chi connectivity index (χ0) is 22.6. The van der Waals surface area contributed by atoms with Crippen molar-refractivity contribution in [3.63, 3.8) is 0 Å². The summed E-state index contributed by atoms with van der Waals surface area (Å²) in [5.41, 5.74) is 1.86. The van der Waals surface area contributed by atoms with Gasteiger partial charge in [-0.15, -0.1) is 0 Å². The van der Waals surface area contributed by atoms with Gasteiger partial charge in [0.15, 0.2) is 5.76 Å². The van der Waals surface area contributed by atoms with Crippen LogP contribution in [0.2, 0.25) is 0 Å². The molecule has 168 valence electrons. The Bertz CT molecular complexity index is 1180. The average molecular weight is 455 g/mol. The first-order valence-electron chi connectivity index (χ1n) is 10.6. The second-order valence-corrected chi connectivity index (χ2v) is 9.61. The largest absolute Gasteiger partial charge is 0.489 e. The summed E-state index contributed by atoms with van der Waals surface area (Å²) < 4.78 is 38.5. The quantitative estimate of drug-likeness (QED) is 0.558. The Morgan fingerprint density at radius 3 is 2.50 bits per heavy atom. The van der Waals surface area contributed by atoms with Gasteiger partial charge in [-0.1, -0.05) is 48.5 Å². The average Bonchev–Trinajstić information content (AvgIpc) is 3.48. The highest BCUT2D eigenvalue weighted by Gasteiger charge is 2.31. The molecular formula is C24H26N2O5S. The number of benzene rings is 2. The highest BCUT2D eigenvalue weighted by atomic mass is 32.2. The van der Waals surface area contributed by atoms with Gasteiger partial charge in [-0.2, -0.15) is 4.31 Å². The minimum absolute atomic E-state index is 0.0250. The number of sulfonamides is 1. The zero-order valence-corrected chi connectivity index (χ0v) is 18.7. The smallest absolute Gasteiger partial charge is 0.287 e. The van der Waals surface area contributed by atoms with E-state index in [0.717, 1.165) is 24.0 Å². The maximum Gasteiger partial charge on any atom is 0.287 e. The minimum atomic E-state index is -3.65. The molecule has 0 atom stereocenters. The van der Waals surface area contributed by atoms with Gasteiger partial charge in [0, 0.05) is 31.3 Å². The molecule has 0 spiro atoms. The molecule has 1 fully saturated rings. The molecule has 1 saturated heterocycles. The topological polar surface area (TPSA) is 88.8 Å². The Morgan fingerprint density at radius 2 is 1.75 bits per heavy atom. The molecule has 3 aromatic rings. The van der Waals surface area contributed by atoms with Crippen molar-refractivity contribution in [2.45, 2.75) is 37.8 Å². The molecule has 4 rings (SSSR count). The summed E-state index contributed by atoms with van der Waals surface area (Å²) in [7, 11) is -3.65. The van der Waals surface area contributed by atoms with Gasteiger partial charge in [0.1, 0.15) is 23.0 Å². The number of rotatable bonds is 8. The van der Waals surface area contributed by atoms with Crippen molar-refractivity contribution in [3.8, 4) is 5.75 Å². The number of ether oxygens (including phenoxy) is 1. The van der Waals surface area contributed by atoms with Gasteiger partial charge < -0.3 is 14.5 Å². The number of nitrogens with one attached hydrogen (secondary N) is 1. The number of nitrogens with zero attached hydrogens (tertiary/aromatic N) is 1. The lowest BCUT2D eigenvalue weighted by molar-refractivity contribution is 0.0921. The van der Waals surface area contributed by atoms with Crippen LogP contribution >= 0.6 is 0 Å². The molecule has 1 N–H and O–H groups in total. The summed E-state index contributed by atoms with van der Waals surface area (Å²) in [6.45, 7) is 3.19. The van der Waals surface area contributed by atoms with Crippen LogP contribution in [-0.2, 0) is 23.2 Å². The van der Waals surface area contributed by atoms with Crippen molar-refractivity contribution in [1.82, 2.24) is 9.62 Å². The normalized spacial score (nSPS) is 14.4. The predicted octanol–water partition coefficient (Wildman–Crippen LogP) is 3.88. The van der Waals surface area contributed by atoms with Crippen LogP contribution in [0.25, 0.3) is 0 Å². The molecule has 1 aromatic heterocycles. The summed E-state index contributed by atoms with van der Waals surface area (Å²) >= 11 is 0. The molecule has 8 heteroatoms. The fourth-order valence-corrected chi connectivity index (χ4v) is 5.37. The SMILES string of the molecule is Cc1oc(C(=O)NCc2ccccc2OCc2ccccc2)cc1S(=O)(=O)N1CCCC1. The van der Waals surface area contributed by atoms with E-state index in [1.807, 2.05) is 54.6 Å². The molecule has 2 aromatic carbocycles. The van der Waals surface area contributed by atoms with Crippen LogP contribution < -0.4 is 10.1 Å². The van der Waals surface area contributed by atoms with E-state index in [4.69, 9.17) is 9.15 Å². The first kappa shape index (κ1) is 22.1. The predicted molar refractivity (Wildman–Crippen MR) is 120 cm³/mol. The lowest BCUT2D eigenvalue weighted by atomic mass is 10.2. The third-order valence-corrected chi connectivity index (χ3v) is 7.43. The van der Waals surface area contributed by atoms with Crippen LogP contribution in [-0.4, -0.2) is 31.7 Å². The van der Waals surface area contributed by atoms with Crippen LogP contribution in [0, 0.1) is 6.92 Å². The lowest BCUT2D eigenvalue weighted by Crippen LogP contribution is -2.28. The molecule has 7 nitrogen and oxygen atoms in total. The summed E-state index contributed by atoms with van der Waals surface area (Å²) in [6.07, 6.45) is 1.68. The van der Waals surface area contributed by atoms with Crippen LogP contribution in [0.3, 0.4) is 0 Å². The summed E-state index contributed by atoms with van der Waals surface area (Å²) in [4.78, 5) is 12.7. The number of carbonyl (C=O) groups excluding carboxylic acids is 1. The van der Waals surface area contributed by atoms with Crippen LogP contribution in [0.1, 0.15) is 40.3 Å². The van der Waals surface area contributed by atoms with Crippen molar-refractivity contribution < 1.29 is 22.4 Å². The van der Waals surface area contributed by atoms with Crippen molar-refractivity contribution in [1.29, 1.82) is 0 Å². The molecule has 0 bridgehead atoms. The third kappa shape index (κ3) is 4.87. The van der Waals surface area contributed by atoms with Crippen LogP contribution in [0.4, 0.5) is 0 Å². The number of hydrogen-bond acceptors (Lipinski definition) is 5. The van der Waals surface area contributed by atoms with Crippen molar-refractivity contribution in [2.24, 2.45) is 0 Å². The van der Waals surface area contributed by atoms with E-state index in [2.05, 4.69) is 5.32 Å². The number of amides is 1. The second-order valence-electron chi connectivity index (χ2n) is 7.71. The Labute approximate surface area is 188 Å². The fourth-order valence-electron chi connectivity index (χ4n) is 3.69. The molecule has 1 aliphatic rings. The molecular weight excluding hydrogens is 428 g/mol. The maximum absolute atomic E-state index is 12.8. The number of aryl methyl sites for hydroxylation is 1. The van der Waals surface area contributed by atoms with Crippen LogP contribution in [0.15, 0.2) is 70.0 Å². The number of hydrogen-bond donors (Lipinski definition) is 1. The van der Waals surface area contributed by atoms with E-state index in [1.165, 1.54) is 10.4 Å². The molecule has 0 unspecified atom stereocenters. The standard InChI is InChI=1S/C24H26N2O5S/c1-18-23(32(28,29)26-13-7-8-14-26)15-22(31-18)24(27)25-16-20-11-5-6-12-21(20)30-17-19-9-3-2-4-10-19/h2-6,9-12,15H,7-8,13-14,16-17H2,1H3,(H,25,27). The second kappa shape index (κ2) is 9.58. The Balaban J connectivity index is 1.42. The summed E-state index contributed by atoms with van der Waals surface area (Å²) in [5.74, 6) is 0.384. The van der Waals surface area contributed by atoms with Crippen molar-refractivity contribution in [3.05, 3.63) is 83.3 Å². The van der Waals surface area contributed by atoms with Crippen molar-refractivity contribution in [2.75, 3.05) is 13.1 Å². The molecule has 0 aliphatic carbocycles. The fraction of sp³-hybridized carbons (Fsp3) is 0.292. The van der Waals surface area contributed by atoms with Gasteiger partial charge in [-0.3, -0.25) is 4.79 Å². The number of carbonyl (C=O) groups is 1. The summed E-state index contributed by atoms with van der Waals surface area (Å²) in [6, 6.07) is 18.6. The summed E-state index contributed by atoms with van der Waals surface area (Å²) in [5, 5.41) is 2.79. The lowest BCUT2D eigenvalue weighted by Gasteiger charge is -2.14. The van der Waals surface area contributed by atoms with E-state index in [1.54, 1.807) is 6.92 Å². The van der Waals surface area contributed by atoms with Gasteiger partial charge >= 0.3 is 0 Å². The van der Waals surface area contributed by atoms with E-state index in [9.17, 15) is 13.2 Å². The van der Waals surface area contributed by atoms with Gasteiger partial charge in [-0.05, 0) is 31.4 Å².